The van der Waals surface area contributed by atoms with E-state index >= 15 is 0 Å². The predicted octanol–water partition coefficient (Wildman–Crippen LogP) is 5.09. The SMILES string of the molecule is CC(C)(C)c1ccc(N(C(=O)C2N(C#N)CC2(C)C)C(C(=O)NC2CCCCC2)c2cccnc2)cc1. The molecule has 1 saturated carbocycles. The van der Waals surface area contributed by atoms with Crippen molar-refractivity contribution in [3.8, 4) is 6.19 Å². The highest BCUT2D eigenvalue weighted by molar-refractivity contribution is 6.04. The van der Waals surface area contributed by atoms with Gasteiger partial charge in [-0.1, -0.05) is 72.1 Å². The van der Waals surface area contributed by atoms with Gasteiger partial charge in [-0.3, -0.25) is 24.4 Å². The van der Waals surface area contributed by atoms with Crippen molar-refractivity contribution in [2.24, 2.45) is 5.41 Å². The molecule has 4 rings (SSSR count). The molecule has 2 unspecified atom stereocenters. The maximum absolute atomic E-state index is 14.3. The molecule has 0 radical (unpaired) electrons. The third-order valence-corrected chi connectivity index (χ3v) is 7.70. The summed E-state index contributed by atoms with van der Waals surface area (Å²) < 4.78 is 0. The van der Waals surface area contributed by atoms with Gasteiger partial charge in [-0.25, -0.2) is 0 Å². The summed E-state index contributed by atoms with van der Waals surface area (Å²) in [6.07, 6.45) is 10.7. The van der Waals surface area contributed by atoms with Crippen LogP contribution in [-0.4, -0.2) is 40.3 Å². The minimum atomic E-state index is -0.902. The Bertz CT molecular complexity index is 1140. The van der Waals surface area contributed by atoms with Crippen molar-refractivity contribution in [1.82, 2.24) is 15.2 Å². The molecule has 7 heteroatoms. The Morgan fingerprint density at radius 2 is 1.81 bits per heavy atom. The molecule has 1 aromatic carbocycles. The number of pyridine rings is 1. The van der Waals surface area contributed by atoms with Crippen molar-refractivity contribution in [2.75, 3.05) is 11.4 Å². The monoisotopic (exact) mass is 501 g/mol. The van der Waals surface area contributed by atoms with E-state index in [1.807, 2.05) is 44.2 Å². The van der Waals surface area contributed by atoms with Gasteiger partial charge < -0.3 is 5.32 Å². The van der Waals surface area contributed by atoms with E-state index in [0.717, 1.165) is 31.2 Å². The third-order valence-electron chi connectivity index (χ3n) is 7.70. The number of carbonyl (C=O) groups is 2. The second-order valence-corrected chi connectivity index (χ2v) is 12.2. The number of aromatic nitrogens is 1. The van der Waals surface area contributed by atoms with Gasteiger partial charge in [-0.15, -0.1) is 0 Å². The van der Waals surface area contributed by atoms with Gasteiger partial charge >= 0.3 is 0 Å². The Hall–Kier alpha value is -3.40. The number of hydrogen-bond acceptors (Lipinski definition) is 5. The number of hydrogen-bond donors (Lipinski definition) is 1. The number of nitriles is 1. The van der Waals surface area contributed by atoms with Gasteiger partial charge in [0.15, 0.2) is 6.19 Å². The average molecular weight is 502 g/mol. The summed E-state index contributed by atoms with van der Waals surface area (Å²) in [7, 11) is 0. The molecule has 37 heavy (non-hydrogen) atoms. The maximum atomic E-state index is 14.3. The van der Waals surface area contributed by atoms with Gasteiger partial charge in [0.1, 0.15) is 12.1 Å². The molecule has 2 amide bonds. The summed E-state index contributed by atoms with van der Waals surface area (Å²) in [6, 6.07) is 10.0. The Balaban J connectivity index is 1.80. The number of anilines is 1. The topological polar surface area (TPSA) is 89.3 Å². The van der Waals surface area contributed by atoms with E-state index in [-0.39, 0.29) is 23.3 Å². The predicted molar refractivity (Wildman–Crippen MR) is 145 cm³/mol. The molecule has 0 spiro atoms. The van der Waals surface area contributed by atoms with Crippen LogP contribution in [0, 0.1) is 16.9 Å². The number of rotatable bonds is 6. The fourth-order valence-corrected chi connectivity index (χ4v) is 5.63. The third kappa shape index (κ3) is 5.64. The second kappa shape index (κ2) is 10.5. The van der Waals surface area contributed by atoms with Crippen LogP contribution in [0.5, 0.6) is 0 Å². The summed E-state index contributed by atoms with van der Waals surface area (Å²) in [5.74, 6) is -0.470. The number of nitrogens with zero attached hydrogens (tertiary/aromatic N) is 4. The lowest BCUT2D eigenvalue weighted by molar-refractivity contribution is -0.138. The molecule has 2 fully saturated rings. The van der Waals surface area contributed by atoms with Crippen LogP contribution in [0.25, 0.3) is 0 Å². The molecule has 7 nitrogen and oxygen atoms in total. The highest BCUT2D eigenvalue weighted by Gasteiger charge is 2.53. The standard InChI is InChI=1S/C30H39N5O2/c1-29(2,3)22-13-15-24(16-14-22)35(28(37)26-30(4,5)19-34(26)20-31)25(21-10-9-17-32-18-21)27(36)33-23-11-7-6-8-12-23/h9-10,13-18,23,25-26H,6-8,11-12,19H2,1-5H3,(H,33,36). The number of likely N-dealkylation sites (tertiary alicyclic amines) is 1. The molecule has 2 aliphatic rings. The quantitative estimate of drug-likeness (QED) is 0.557. The molecule has 2 aromatic rings. The van der Waals surface area contributed by atoms with E-state index in [9.17, 15) is 14.9 Å². The first-order valence-electron chi connectivity index (χ1n) is 13.3. The Kier molecular flexibility index (Phi) is 7.59. The largest absolute Gasteiger partial charge is 0.351 e. The molecule has 196 valence electrons. The Labute approximate surface area is 220 Å². The first-order valence-corrected chi connectivity index (χ1v) is 13.3. The molecule has 1 aliphatic heterocycles. The Morgan fingerprint density at radius 1 is 1.14 bits per heavy atom. The average Bonchev–Trinajstić information content (AvgIpc) is 2.86. The lowest BCUT2D eigenvalue weighted by Crippen LogP contribution is -2.67. The molecule has 1 aromatic heterocycles. The Morgan fingerprint density at radius 3 is 2.35 bits per heavy atom. The van der Waals surface area contributed by atoms with E-state index in [1.165, 1.54) is 11.3 Å². The van der Waals surface area contributed by atoms with Crippen molar-refractivity contribution >= 4 is 17.5 Å². The summed E-state index contributed by atoms with van der Waals surface area (Å²) >= 11 is 0. The molecule has 1 aliphatic carbocycles. The first-order chi connectivity index (χ1) is 17.5. The van der Waals surface area contributed by atoms with Crippen LogP contribution in [0.1, 0.15) is 83.9 Å². The van der Waals surface area contributed by atoms with Crippen LogP contribution in [-0.2, 0) is 15.0 Å². The molecule has 1 saturated heterocycles. The number of carbonyl (C=O) groups excluding carboxylic acids is 2. The minimum Gasteiger partial charge on any atom is -0.351 e. The second-order valence-electron chi connectivity index (χ2n) is 12.2. The number of amides is 2. The fourth-order valence-electron chi connectivity index (χ4n) is 5.63. The number of benzene rings is 1. The van der Waals surface area contributed by atoms with Gasteiger partial charge in [0.25, 0.3) is 5.91 Å². The van der Waals surface area contributed by atoms with E-state index in [0.29, 0.717) is 17.8 Å². The van der Waals surface area contributed by atoms with Crippen LogP contribution >= 0.6 is 0 Å². The smallest absolute Gasteiger partial charge is 0.252 e. The lowest BCUT2D eigenvalue weighted by Gasteiger charge is -2.52. The molecule has 2 heterocycles. The fraction of sp³-hybridized carbons (Fsp3) is 0.533. The summed E-state index contributed by atoms with van der Waals surface area (Å²) in [6.45, 7) is 10.9. The van der Waals surface area contributed by atoms with Crippen LogP contribution in [0.4, 0.5) is 5.69 Å². The number of nitrogens with one attached hydrogen (secondary N) is 1. The van der Waals surface area contributed by atoms with Crippen molar-refractivity contribution in [3.63, 3.8) is 0 Å². The van der Waals surface area contributed by atoms with Crippen molar-refractivity contribution in [3.05, 3.63) is 59.9 Å². The summed E-state index contributed by atoms with van der Waals surface area (Å²) in [5, 5.41) is 13.0. The van der Waals surface area contributed by atoms with Crippen LogP contribution in [0.15, 0.2) is 48.8 Å². The summed E-state index contributed by atoms with van der Waals surface area (Å²) in [5.41, 5.74) is 1.96. The normalized spacial score (nSPS) is 20.3. The van der Waals surface area contributed by atoms with Crippen molar-refractivity contribution < 1.29 is 9.59 Å². The van der Waals surface area contributed by atoms with Crippen molar-refractivity contribution in [2.45, 2.75) is 90.3 Å². The minimum absolute atomic E-state index is 0.0535. The van der Waals surface area contributed by atoms with Crippen molar-refractivity contribution in [1.29, 1.82) is 5.26 Å². The lowest BCUT2D eigenvalue weighted by atomic mass is 9.74. The van der Waals surface area contributed by atoms with Gasteiger partial charge in [0.05, 0.1) is 0 Å². The van der Waals surface area contributed by atoms with Crippen LogP contribution in [0.2, 0.25) is 0 Å². The summed E-state index contributed by atoms with van der Waals surface area (Å²) in [4.78, 5) is 35.7. The van der Waals surface area contributed by atoms with Gasteiger partial charge in [-0.2, -0.15) is 5.26 Å². The molecule has 0 bridgehead atoms. The zero-order chi connectivity index (χ0) is 26.8. The van der Waals surface area contributed by atoms with Gasteiger partial charge in [0.2, 0.25) is 5.91 Å². The molecule has 1 N–H and O–H groups in total. The highest BCUT2D eigenvalue weighted by Crippen LogP contribution is 2.40. The molecule has 2 atom stereocenters. The van der Waals surface area contributed by atoms with Gasteiger partial charge in [-0.05, 0) is 42.0 Å². The maximum Gasteiger partial charge on any atom is 0.252 e. The first kappa shape index (κ1) is 26.7. The van der Waals surface area contributed by atoms with E-state index in [4.69, 9.17) is 0 Å². The zero-order valence-corrected chi connectivity index (χ0v) is 22.7. The van der Waals surface area contributed by atoms with Gasteiger partial charge in [0, 0.05) is 41.6 Å². The van der Waals surface area contributed by atoms with E-state index < -0.39 is 17.5 Å². The van der Waals surface area contributed by atoms with Crippen LogP contribution < -0.4 is 10.2 Å². The molecular formula is C30H39N5O2. The van der Waals surface area contributed by atoms with E-state index in [1.54, 1.807) is 23.4 Å². The van der Waals surface area contributed by atoms with E-state index in [2.05, 4.69) is 37.3 Å². The van der Waals surface area contributed by atoms with Crippen LogP contribution in [0.3, 0.4) is 0 Å². The molecular weight excluding hydrogens is 462 g/mol. The highest BCUT2D eigenvalue weighted by atomic mass is 16.2. The zero-order valence-electron chi connectivity index (χ0n) is 22.7.